The third-order valence-electron chi connectivity index (χ3n) is 5.85. The topological polar surface area (TPSA) is 106 Å². The molecule has 2 aliphatic heterocycles. The van der Waals surface area contributed by atoms with Gasteiger partial charge in [0.2, 0.25) is 0 Å². The van der Waals surface area contributed by atoms with E-state index in [0.717, 1.165) is 6.07 Å². The molecule has 1 aromatic heterocycles. The maximum atomic E-state index is 13.0. The highest BCUT2D eigenvalue weighted by atomic mass is 32.2. The van der Waals surface area contributed by atoms with Crippen LogP contribution in [0.1, 0.15) is 41.4 Å². The number of benzene rings is 1. The molecule has 1 unspecified atom stereocenters. The summed E-state index contributed by atoms with van der Waals surface area (Å²) < 4.78 is 54.9. The van der Waals surface area contributed by atoms with Crippen LogP contribution in [0.3, 0.4) is 0 Å². The average Bonchev–Trinajstić information content (AvgIpc) is 2.85. The van der Waals surface area contributed by atoms with Crippen molar-refractivity contribution in [3.05, 3.63) is 52.8 Å². The van der Waals surface area contributed by atoms with Gasteiger partial charge in [-0.1, -0.05) is 17.3 Å². The summed E-state index contributed by atoms with van der Waals surface area (Å²) in [5.41, 5.74) is 0.405. The Kier molecular flexibility index (Phi) is 7.57. The van der Waals surface area contributed by atoms with Crippen molar-refractivity contribution < 1.29 is 32.2 Å². The lowest BCUT2D eigenvalue weighted by molar-refractivity contribution is -0.148. The summed E-state index contributed by atoms with van der Waals surface area (Å²) in [5, 5.41) is 1.74. The molecule has 1 amide bonds. The molecule has 0 radical (unpaired) electrons. The Morgan fingerprint density at radius 3 is 2.53 bits per heavy atom. The monoisotopic (exact) mass is 525 g/mol. The molecule has 36 heavy (non-hydrogen) atoms. The zero-order valence-electron chi connectivity index (χ0n) is 19.6. The number of aromatic nitrogens is 2. The summed E-state index contributed by atoms with van der Waals surface area (Å²) in [6, 6.07) is 3.61. The van der Waals surface area contributed by atoms with Crippen molar-refractivity contribution in [2.45, 2.75) is 25.9 Å². The smallest absolute Gasteiger partial charge is 0.419 e. The Hall–Kier alpha value is -3.48. The number of ether oxygens (including phenoxy) is 2. The first-order chi connectivity index (χ1) is 17.2. The highest BCUT2D eigenvalue weighted by molar-refractivity contribution is 8.18. The van der Waals surface area contributed by atoms with Crippen molar-refractivity contribution in [3.63, 3.8) is 0 Å². The Balaban J connectivity index is 1.31. The van der Waals surface area contributed by atoms with Crippen LogP contribution in [0.5, 0.6) is 5.75 Å². The molecule has 0 bridgehead atoms. The number of anilines is 1. The van der Waals surface area contributed by atoms with E-state index in [1.165, 1.54) is 31.6 Å². The summed E-state index contributed by atoms with van der Waals surface area (Å²) in [5.74, 6) is -0.355. The standard InChI is InChI=1S/C23H26F3N5O4S/c1-3-35-22(33)14-6-8-31(9-7-14)20-12-27-17(11-28-20)21(32)30-36-13-18(29-36)15-4-5-16(23(24,25)26)19(10-15)34-2/h4-5,10-14,29,36H,3,6-9H2,1-2H3,(H,30,32). The first-order valence-electron chi connectivity index (χ1n) is 11.3. The van der Waals surface area contributed by atoms with Crippen LogP contribution in [-0.2, 0) is 15.7 Å². The predicted octanol–water partition coefficient (Wildman–Crippen LogP) is 3.45. The SMILES string of the molecule is CCOC(=O)C1CCN(c2cnc(C(=O)N[SH]3C=C(c4ccc(C(F)(F)F)c(OC)c4)N3)cn2)CC1. The summed E-state index contributed by atoms with van der Waals surface area (Å²) in [7, 11) is 1.18. The van der Waals surface area contributed by atoms with Crippen LogP contribution in [0.2, 0.25) is 0 Å². The maximum Gasteiger partial charge on any atom is 0.419 e. The van der Waals surface area contributed by atoms with Crippen LogP contribution < -0.4 is 19.1 Å². The second-order valence-electron chi connectivity index (χ2n) is 8.15. The highest BCUT2D eigenvalue weighted by Gasteiger charge is 2.35. The van der Waals surface area contributed by atoms with Gasteiger partial charge in [0.25, 0.3) is 5.91 Å². The fourth-order valence-electron chi connectivity index (χ4n) is 3.92. The molecule has 0 aliphatic carbocycles. The second kappa shape index (κ2) is 10.6. The number of alkyl halides is 3. The second-order valence-corrected chi connectivity index (χ2v) is 9.60. The van der Waals surface area contributed by atoms with Gasteiger partial charge in [-0.2, -0.15) is 13.2 Å². The molecule has 0 saturated carbocycles. The van der Waals surface area contributed by atoms with Gasteiger partial charge in [-0.3, -0.25) is 14.3 Å². The van der Waals surface area contributed by atoms with E-state index in [2.05, 4.69) is 19.4 Å². The number of nitrogens with zero attached hydrogens (tertiary/aromatic N) is 3. The molecule has 2 aliphatic rings. The van der Waals surface area contributed by atoms with E-state index >= 15 is 0 Å². The fourth-order valence-corrected chi connectivity index (χ4v) is 5.16. The van der Waals surface area contributed by atoms with Crippen molar-refractivity contribution in [2.24, 2.45) is 5.92 Å². The minimum Gasteiger partial charge on any atom is -0.496 e. The molecule has 1 atom stereocenters. The normalized spacial score (nSPS) is 19.0. The molecule has 1 fully saturated rings. The van der Waals surface area contributed by atoms with E-state index in [1.54, 1.807) is 12.3 Å². The van der Waals surface area contributed by atoms with Crippen LogP contribution in [0.4, 0.5) is 19.0 Å². The van der Waals surface area contributed by atoms with Crippen molar-refractivity contribution in [1.29, 1.82) is 0 Å². The first kappa shape index (κ1) is 25.6. The van der Waals surface area contributed by atoms with E-state index in [4.69, 9.17) is 9.47 Å². The van der Waals surface area contributed by atoms with Crippen molar-refractivity contribution in [1.82, 2.24) is 19.4 Å². The lowest BCUT2D eigenvalue weighted by Crippen LogP contribution is -2.37. The van der Waals surface area contributed by atoms with Gasteiger partial charge in [-0.05, 0) is 31.9 Å². The Morgan fingerprint density at radius 2 is 1.94 bits per heavy atom. The van der Waals surface area contributed by atoms with Gasteiger partial charge < -0.3 is 19.1 Å². The highest BCUT2D eigenvalue weighted by Crippen LogP contribution is 2.41. The van der Waals surface area contributed by atoms with Crippen molar-refractivity contribution in [3.8, 4) is 5.75 Å². The zero-order valence-corrected chi connectivity index (χ0v) is 20.5. The number of rotatable bonds is 7. The van der Waals surface area contributed by atoms with Gasteiger partial charge >= 0.3 is 12.1 Å². The van der Waals surface area contributed by atoms with E-state index in [-0.39, 0.29) is 23.3 Å². The van der Waals surface area contributed by atoms with Crippen LogP contribution in [0.15, 0.2) is 36.0 Å². The summed E-state index contributed by atoms with van der Waals surface area (Å²) in [6.07, 6.45) is -0.267. The third kappa shape index (κ3) is 5.66. The molecule has 2 N–H and O–H groups in total. The van der Waals surface area contributed by atoms with Crippen LogP contribution >= 0.6 is 11.3 Å². The molecule has 1 aromatic carbocycles. The van der Waals surface area contributed by atoms with E-state index < -0.39 is 28.9 Å². The molecule has 13 heteroatoms. The lowest BCUT2D eigenvalue weighted by atomic mass is 9.97. The van der Waals surface area contributed by atoms with E-state index in [0.29, 0.717) is 49.6 Å². The number of hydrogen-bond acceptors (Lipinski definition) is 8. The summed E-state index contributed by atoms with van der Waals surface area (Å²) in [4.78, 5) is 35.0. The van der Waals surface area contributed by atoms with Crippen LogP contribution in [0.25, 0.3) is 5.70 Å². The van der Waals surface area contributed by atoms with Gasteiger partial charge in [0, 0.05) is 24.1 Å². The zero-order chi connectivity index (χ0) is 25.9. The number of nitrogens with one attached hydrogen (secondary N) is 2. The predicted molar refractivity (Wildman–Crippen MR) is 129 cm³/mol. The largest absolute Gasteiger partial charge is 0.496 e. The number of piperidine rings is 1. The number of carbonyl (C=O) groups excluding carboxylic acids is 2. The first-order valence-corrected chi connectivity index (χ1v) is 12.7. The minimum absolute atomic E-state index is 0.113. The number of hydrogen-bond donors (Lipinski definition) is 3. The number of amides is 1. The molecule has 3 heterocycles. The Labute approximate surface area is 208 Å². The Bertz CT molecular complexity index is 1150. The van der Waals surface area contributed by atoms with Gasteiger partial charge in [-0.15, -0.1) is 0 Å². The molecule has 1 saturated heterocycles. The van der Waals surface area contributed by atoms with Crippen molar-refractivity contribution in [2.75, 3.05) is 31.7 Å². The minimum atomic E-state index is -4.51. The molecule has 4 rings (SSSR count). The third-order valence-corrected chi connectivity index (χ3v) is 7.29. The van der Waals surface area contributed by atoms with Crippen LogP contribution in [-0.4, -0.2) is 48.7 Å². The van der Waals surface area contributed by atoms with Gasteiger partial charge in [0.15, 0.2) is 0 Å². The quantitative estimate of drug-likeness (QED) is 0.373. The lowest BCUT2D eigenvalue weighted by Gasteiger charge is -2.33. The summed E-state index contributed by atoms with van der Waals surface area (Å²) in [6.45, 7) is 3.43. The molecule has 2 aromatic rings. The molecule has 9 nitrogen and oxygen atoms in total. The molecule has 194 valence electrons. The van der Waals surface area contributed by atoms with E-state index in [1.807, 2.05) is 4.90 Å². The van der Waals surface area contributed by atoms with Gasteiger partial charge in [0.1, 0.15) is 17.3 Å². The molecule has 0 spiro atoms. The summed E-state index contributed by atoms with van der Waals surface area (Å²) >= 11 is -1.20. The number of esters is 1. The number of halogens is 3. The number of carbonyl (C=O) groups is 2. The van der Waals surface area contributed by atoms with Crippen molar-refractivity contribution >= 4 is 34.7 Å². The Morgan fingerprint density at radius 1 is 1.22 bits per heavy atom. The van der Waals surface area contributed by atoms with Crippen LogP contribution in [0, 0.1) is 5.92 Å². The molecular weight excluding hydrogens is 499 g/mol. The average molecular weight is 526 g/mol. The molecular formula is C23H26F3N5O4S. The fraction of sp³-hybridized carbons (Fsp3) is 0.391. The number of thiol groups is 1. The van der Waals surface area contributed by atoms with Gasteiger partial charge in [0.05, 0.1) is 43.3 Å². The van der Waals surface area contributed by atoms with E-state index in [9.17, 15) is 22.8 Å². The maximum absolute atomic E-state index is 13.0. The van der Waals surface area contributed by atoms with Gasteiger partial charge in [-0.25, -0.2) is 9.97 Å². The number of methoxy groups -OCH3 is 1.